The zero-order valence-corrected chi connectivity index (χ0v) is 13.3. The molecule has 0 atom stereocenters. The van der Waals surface area contributed by atoms with Crippen LogP contribution in [0.25, 0.3) is 0 Å². The maximum absolute atomic E-state index is 3.23. The molecule has 2 heteroatoms. The Balaban J connectivity index is 1.70. The number of fused-ring (bicyclic) bond motifs is 1. The van der Waals surface area contributed by atoms with Crippen LogP contribution in [0.15, 0.2) is 18.2 Å². The molecule has 0 amide bonds. The van der Waals surface area contributed by atoms with Gasteiger partial charge in [0.05, 0.1) is 0 Å². The standard InChI is InChI=1S/C18H30N2/c1-3-4-5-6-7-8-11-20-14-17-10-9-16(13-19-2)12-18(17)15-20/h9-10,12,19H,3-8,11,13-15H2,1-2H3. The van der Waals surface area contributed by atoms with Gasteiger partial charge in [-0.3, -0.25) is 4.90 Å². The molecule has 1 aliphatic rings. The number of nitrogens with one attached hydrogen (secondary N) is 1. The molecule has 1 aliphatic heterocycles. The van der Waals surface area contributed by atoms with Gasteiger partial charge in [-0.2, -0.15) is 0 Å². The summed E-state index contributed by atoms with van der Waals surface area (Å²) in [5.41, 5.74) is 4.49. The van der Waals surface area contributed by atoms with Gasteiger partial charge in [0, 0.05) is 19.6 Å². The van der Waals surface area contributed by atoms with Crippen LogP contribution < -0.4 is 5.32 Å². The van der Waals surface area contributed by atoms with Crippen LogP contribution in [0.5, 0.6) is 0 Å². The lowest BCUT2D eigenvalue weighted by Gasteiger charge is -2.14. The van der Waals surface area contributed by atoms with Gasteiger partial charge in [0.25, 0.3) is 0 Å². The van der Waals surface area contributed by atoms with E-state index in [0.717, 1.165) is 19.6 Å². The Labute approximate surface area is 124 Å². The van der Waals surface area contributed by atoms with E-state index in [9.17, 15) is 0 Å². The molecule has 0 aromatic heterocycles. The van der Waals surface area contributed by atoms with Crippen LogP contribution in [0, 0.1) is 0 Å². The molecule has 0 fully saturated rings. The molecule has 0 saturated carbocycles. The fourth-order valence-electron chi connectivity index (χ4n) is 3.11. The molecule has 2 rings (SSSR count). The number of benzene rings is 1. The topological polar surface area (TPSA) is 15.3 Å². The first-order chi connectivity index (χ1) is 9.83. The predicted octanol–water partition coefficient (Wildman–Crippen LogP) is 4.08. The van der Waals surface area contributed by atoms with Crippen LogP contribution in [0.2, 0.25) is 0 Å². The normalized spacial score (nSPS) is 14.7. The summed E-state index contributed by atoms with van der Waals surface area (Å²) in [4.78, 5) is 2.60. The smallest absolute Gasteiger partial charge is 0.0240 e. The predicted molar refractivity (Wildman–Crippen MR) is 86.7 cm³/mol. The number of rotatable bonds is 9. The lowest BCUT2D eigenvalue weighted by Crippen LogP contribution is -2.17. The van der Waals surface area contributed by atoms with Crippen LogP contribution in [0.1, 0.15) is 62.1 Å². The van der Waals surface area contributed by atoms with Crippen LogP contribution in [-0.4, -0.2) is 18.5 Å². The van der Waals surface area contributed by atoms with Crippen molar-refractivity contribution < 1.29 is 0 Å². The quantitative estimate of drug-likeness (QED) is 0.683. The Morgan fingerprint density at radius 1 is 1.00 bits per heavy atom. The van der Waals surface area contributed by atoms with Crippen molar-refractivity contribution in [2.45, 2.75) is 65.1 Å². The summed E-state index contributed by atoms with van der Waals surface area (Å²) in [6.45, 7) is 6.84. The summed E-state index contributed by atoms with van der Waals surface area (Å²) < 4.78 is 0. The average molecular weight is 274 g/mol. The lowest BCUT2D eigenvalue weighted by atomic mass is 10.1. The summed E-state index contributed by atoms with van der Waals surface area (Å²) in [7, 11) is 2.01. The van der Waals surface area contributed by atoms with Gasteiger partial charge in [0.15, 0.2) is 0 Å². The van der Waals surface area contributed by atoms with Crippen LogP contribution in [0.3, 0.4) is 0 Å². The summed E-state index contributed by atoms with van der Waals surface area (Å²) in [6.07, 6.45) is 8.35. The monoisotopic (exact) mass is 274 g/mol. The van der Waals surface area contributed by atoms with Crippen molar-refractivity contribution in [3.8, 4) is 0 Å². The first-order valence-corrected chi connectivity index (χ1v) is 8.31. The summed E-state index contributed by atoms with van der Waals surface area (Å²) in [5, 5.41) is 3.23. The van der Waals surface area contributed by atoms with Crippen molar-refractivity contribution in [1.82, 2.24) is 10.2 Å². The molecule has 0 unspecified atom stereocenters. The molecule has 1 aromatic rings. The Morgan fingerprint density at radius 3 is 2.55 bits per heavy atom. The zero-order valence-electron chi connectivity index (χ0n) is 13.3. The van der Waals surface area contributed by atoms with E-state index < -0.39 is 0 Å². The highest BCUT2D eigenvalue weighted by Crippen LogP contribution is 2.24. The minimum absolute atomic E-state index is 0.977. The molecule has 1 aromatic carbocycles. The van der Waals surface area contributed by atoms with Gasteiger partial charge in [-0.1, -0.05) is 57.2 Å². The van der Waals surface area contributed by atoms with E-state index in [1.54, 1.807) is 5.56 Å². The third-order valence-corrected chi connectivity index (χ3v) is 4.27. The average Bonchev–Trinajstić information content (AvgIpc) is 2.85. The van der Waals surface area contributed by atoms with Gasteiger partial charge in [-0.15, -0.1) is 0 Å². The number of unbranched alkanes of at least 4 members (excludes halogenated alkanes) is 5. The number of hydrogen-bond donors (Lipinski definition) is 1. The summed E-state index contributed by atoms with van der Waals surface area (Å²) >= 11 is 0. The first kappa shape index (κ1) is 15.5. The van der Waals surface area contributed by atoms with Crippen LogP contribution in [-0.2, 0) is 19.6 Å². The van der Waals surface area contributed by atoms with Crippen molar-refractivity contribution >= 4 is 0 Å². The summed E-state index contributed by atoms with van der Waals surface area (Å²) in [5.74, 6) is 0. The molecule has 0 aliphatic carbocycles. The summed E-state index contributed by atoms with van der Waals surface area (Å²) in [6, 6.07) is 6.97. The van der Waals surface area contributed by atoms with Gasteiger partial charge >= 0.3 is 0 Å². The molecular formula is C18H30N2. The fraction of sp³-hybridized carbons (Fsp3) is 0.667. The molecule has 20 heavy (non-hydrogen) atoms. The Kier molecular flexibility index (Phi) is 6.55. The van der Waals surface area contributed by atoms with E-state index in [2.05, 4.69) is 35.3 Å². The van der Waals surface area contributed by atoms with Crippen molar-refractivity contribution in [2.24, 2.45) is 0 Å². The van der Waals surface area contributed by atoms with Gasteiger partial charge in [-0.05, 0) is 36.7 Å². The lowest BCUT2D eigenvalue weighted by molar-refractivity contribution is 0.276. The molecule has 0 bridgehead atoms. The second-order valence-corrected chi connectivity index (χ2v) is 6.11. The largest absolute Gasteiger partial charge is 0.316 e. The molecule has 0 radical (unpaired) electrons. The van der Waals surface area contributed by atoms with Crippen LogP contribution >= 0.6 is 0 Å². The van der Waals surface area contributed by atoms with E-state index in [-0.39, 0.29) is 0 Å². The van der Waals surface area contributed by atoms with Crippen LogP contribution in [0.4, 0.5) is 0 Å². The Morgan fingerprint density at radius 2 is 1.75 bits per heavy atom. The molecule has 1 heterocycles. The highest BCUT2D eigenvalue weighted by molar-refractivity contribution is 5.34. The molecule has 0 saturated heterocycles. The van der Waals surface area contributed by atoms with E-state index in [0.29, 0.717) is 0 Å². The third-order valence-electron chi connectivity index (χ3n) is 4.27. The van der Waals surface area contributed by atoms with E-state index in [1.165, 1.54) is 56.2 Å². The maximum Gasteiger partial charge on any atom is 0.0240 e. The third kappa shape index (κ3) is 4.60. The van der Waals surface area contributed by atoms with Gasteiger partial charge in [-0.25, -0.2) is 0 Å². The second kappa shape index (κ2) is 8.43. The van der Waals surface area contributed by atoms with Crippen molar-refractivity contribution in [2.75, 3.05) is 13.6 Å². The number of hydrogen-bond acceptors (Lipinski definition) is 2. The molecule has 1 N–H and O–H groups in total. The van der Waals surface area contributed by atoms with E-state index >= 15 is 0 Å². The highest BCUT2D eigenvalue weighted by Gasteiger charge is 2.18. The number of nitrogens with zero attached hydrogens (tertiary/aromatic N) is 1. The molecule has 0 spiro atoms. The highest BCUT2D eigenvalue weighted by atomic mass is 15.1. The Bertz CT molecular complexity index is 400. The van der Waals surface area contributed by atoms with E-state index in [1.807, 2.05) is 7.05 Å². The van der Waals surface area contributed by atoms with Crippen molar-refractivity contribution in [1.29, 1.82) is 0 Å². The molecule has 2 nitrogen and oxygen atoms in total. The fourth-order valence-corrected chi connectivity index (χ4v) is 3.11. The Hall–Kier alpha value is -0.860. The molecule has 112 valence electrons. The zero-order chi connectivity index (χ0) is 14.2. The maximum atomic E-state index is 3.23. The minimum Gasteiger partial charge on any atom is -0.316 e. The van der Waals surface area contributed by atoms with Gasteiger partial charge < -0.3 is 5.32 Å². The van der Waals surface area contributed by atoms with E-state index in [4.69, 9.17) is 0 Å². The van der Waals surface area contributed by atoms with Crippen molar-refractivity contribution in [3.05, 3.63) is 34.9 Å². The SMILES string of the molecule is CCCCCCCCN1Cc2ccc(CNC)cc2C1. The van der Waals surface area contributed by atoms with Gasteiger partial charge in [0.1, 0.15) is 0 Å². The van der Waals surface area contributed by atoms with Gasteiger partial charge in [0.2, 0.25) is 0 Å². The minimum atomic E-state index is 0.977. The second-order valence-electron chi connectivity index (χ2n) is 6.11. The first-order valence-electron chi connectivity index (χ1n) is 8.31. The van der Waals surface area contributed by atoms with Crippen molar-refractivity contribution in [3.63, 3.8) is 0 Å². The molecular weight excluding hydrogens is 244 g/mol.